The quantitative estimate of drug-likeness (QED) is 0.198. The van der Waals surface area contributed by atoms with Crippen molar-refractivity contribution >= 4 is 35.5 Å². The first-order valence-corrected chi connectivity index (χ1v) is 11.6. The molecule has 0 saturated heterocycles. The van der Waals surface area contributed by atoms with Crippen molar-refractivity contribution in [2.24, 2.45) is 11.5 Å². The maximum absolute atomic E-state index is 12.9. The van der Waals surface area contributed by atoms with Gasteiger partial charge >= 0.3 is 23.9 Å². The van der Waals surface area contributed by atoms with Crippen molar-refractivity contribution in [1.82, 2.24) is 5.32 Å². The molecule has 1 aliphatic heterocycles. The van der Waals surface area contributed by atoms with Crippen LogP contribution in [0.1, 0.15) is 31.7 Å². The number of ether oxygens (including phenoxy) is 3. The van der Waals surface area contributed by atoms with Gasteiger partial charge in [0.25, 0.3) is 0 Å². The van der Waals surface area contributed by atoms with Gasteiger partial charge in [0.05, 0.1) is 56.1 Å². The molecule has 12 nitrogen and oxygen atoms in total. The van der Waals surface area contributed by atoms with Gasteiger partial charge in [-0.05, 0) is 25.5 Å². The van der Waals surface area contributed by atoms with E-state index in [0.29, 0.717) is 40.7 Å². The minimum atomic E-state index is -1.29. The third-order valence-electron chi connectivity index (χ3n) is 4.98. The Morgan fingerprint density at radius 2 is 1.78 bits per heavy atom. The van der Waals surface area contributed by atoms with Gasteiger partial charge in [0.1, 0.15) is 6.04 Å². The standard InChI is InChI=1S/C20H25ClN2O5.C4H7NO4/c1-4-28-20(25)18-15(11-27-10-9-22)23-12(2)16(19(24)26-3)17(18)13-7-5-6-8-14(13)21;5-2(4(8)9)1-3(6)7/h5-8,17,23H,4,9-11,22H2,1-3H3;2H,1,5H2,(H,6,7)(H,8,9)/t17-;2-/m00/s1. The first kappa shape index (κ1) is 31.6. The Morgan fingerprint density at radius 1 is 1.14 bits per heavy atom. The molecule has 7 N–H and O–H groups in total. The highest BCUT2D eigenvalue weighted by Gasteiger charge is 2.39. The largest absolute Gasteiger partial charge is 0.481 e. The first-order chi connectivity index (χ1) is 17.5. The number of hydrogen-bond acceptors (Lipinski definition) is 10. The molecule has 2 rings (SSSR count). The number of allylic oxidation sites excluding steroid dienone is 1. The zero-order valence-electron chi connectivity index (χ0n) is 20.8. The van der Waals surface area contributed by atoms with Crippen molar-refractivity contribution < 1.29 is 43.6 Å². The summed E-state index contributed by atoms with van der Waals surface area (Å²) in [6.07, 6.45) is -0.532. The molecule has 0 bridgehead atoms. The summed E-state index contributed by atoms with van der Waals surface area (Å²) in [7, 11) is 1.29. The highest BCUT2D eigenvalue weighted by Crippen LogP contribution is 2.41. The van der Waals surface area contributed by atoms with Crippen molar-refractivity contribution in [2.45, 2.75) is 32.2 Å². The van der Waals surface area contributed by atoms with Crippen LogP contribution in [0.4, 0.5) is 0 Å². The lowest BCUT2D eigenvalue weighted by atomic mass is 9.80. The first-order valence-electron chi connectivity index (χ1n) is 11.2. The number of esters is 2. The molecular weight excluding hydrogens is 510 g/mol. The summed E-state index contributed by atoms with van der Waals surface area (Å²) in [5.41, 5.74) is 12.5. The van der Waals surface area contributed by atoms with Crippen LogP contribution in [0.5, 0.6) is 0 Å². The Kier molecular flexibility index (Phi) is 13.3. The zero-order valence-corrected chi connectivity index (χ0v) is 21.5. The van der Waals surface area contributed by atoms with E-state index in [1.54, 1.807) is 38.1 Å². The van der Waals surface area contributed by atoms with Crippen molar-refractivity contribution in [2.75, 3.05) is 33.5 Å². The van der Waals surface area contributed by atoms with E-state index in [-0.39, 0.29) is 18.8 Å². The fourth-order valence-electron chi connectivity index (χ4n) is 3.39. The number of carboxylic acid groups (broad SMARTS) is 2. The SMILES string of the molecule is CCOC(=O)C1=C(COCCN)NC(C)=C(C(=O)OC)[C@@H]1c1ccccc1Cl.N[C@@H](CC(=O)O)C(=O)O. The van der Waals surface area contributed by atoms with Crippen LogP contribution in [0, 0.1) is 0 Å². The number of rotatable bonds is 11. The highest BCUT2D eigenvalue weighted by molar-refractivity contribution is 6.31. The van der Waals surface area contributed by atoms with Crippen LogP contribution in [0.25, 0.3) is 0 Å². The molecule has 0 saturated carbocycles. The molecule has 0 aliphatic carbocycles. The highest BCUT2D eigenvalue weighted by atomic mass is 35.5. The van der Waals surface area contributed by atoms with E-state index in [2.05, 4.69) is 5.32 Å². The summed E-state index contributed by atoms with van der Waals surface area (Å²) in [5, 5.41) is 19.6. The molecule has 37 heavy (non-hydrogen) atoms. The van der Waals surface area contributed by atoms with Gasteiger partial charge < -0.3 is 41.2 Å². The number of halogens is 1. The van der Waals surface area contributed by atoms with Crippen molar-refractivity contribution in [3.63, 3.8) is 0 Å². The maximum atomic E-state index is 12.9. The molecule has 0 radical (unpaired) electrons. The van der Waals surface area contributed by atoms with Crippen LogP contribution in [-0.4, -0.2) is 73.6 Å². The third kappa shape index (κ3) is 9.17. The molecule has 1 aliphatic rings. The molecule has 1 aromatic carbocycles. The summed E-state index contributed by atoms with van der Waals surface area (Å²) in [6, 6.07) is 5.76. The fraction of sp³-hybridized carbons (Fsp3) is 0.417. The average molecular weight is 542 g/mol. The summed E-state index contributed by atoms with van der Waals surface area (Å²) in [5.74, 6) is -4.36. The predicted octanol–water partition coefficient (Wildman–Crippen LogP) is 1.14. The maximum Gasteiger partial charge on any atom is 0.336 e. The van der Waals surface area contributed by atoms with Crippen molar-refractivity contribution in [3.8, 4) is 0 Å². The number of dihydropyridines is 1. The van der Waals surface area contributed by atoms with Gasteiger partial charge in [-0.1, -0.05) is 29.8 Å². The summed E-state index contributed by atoms with van der Waals surface area (Å²) < 4.78 is 15.8. The fourth-order valence-corrected chi connectivity index (χ4v) is 3.64. The Bertz CT molecular complexity index is 1060. The second-order valence-corrected chi connectivity index (χ2v) is 8.01. The molecule has 2 atom stereocenters. The van der Waals surface area contributed by atoms with E-state index in [0.717, 1.165) is 0 Å². The van der Waals surface area contributed by atoms with E-state index >= 15 is 0 Å². The number of methoxy groups -OCH3 is 1. The number of hydrogen-bond donors (Lipinski definition) is 5. The Labute approximate surface area is 219 Å². The molecule has 1 aromatic rings. The molecule has 0 amide bonds. The lowest BCUT2D eigenvalue weighted by molar-refractivity contribution is -0.144. The molecule has 0 unspecified atom stereocenters. The van der Waals surface area contributed by atoms with Gasteiger partial charge in [-0.2, -0.15) is 0 Å². The summed E-state index contributed by atoms with van der Waals surface area (Å²) >= 11 is 6.42. The van der Waals surface area contributed by atoms with Crippen molar-refractivity contribution in [1.29, 1.82) is 0 Å². The topological polar surface area (TPSA) is 200 Å². The molecule has 13 heteroatoms. The molecular formula is C24H32ClN3O9. The number of carboxylic acids is 2. The minimum Gasteiger partial charge on any atom is -0.481 e. The molecule has 0 aromatic heterocycles. The van der Waals surface area contributed by atoms with Gasteiger partial charge in [0.2, 0.25) is 0 Å². The molecule has 204 valence electrons. The van der Waals surface area contributed by atoms with E-state index in [9.17, 15) is 19.2 Å². The second kappa shape index (κ2) is 15.6. The second-order valence-electron chi connectivity index (χ2n) is 7.61. The predicted molar refractivity (Wildman–Crippen MR) is 133 cm³/mol. The van der Waals surface area contributed by atoms with E-state index in [1.165, 1.54) is 7.11 Å². The Morgan fingerprint density at radius 3 is 2.27 bits per heavy atom. The lowest BCUT2D eigenvalue weighted by Crippen LogP contribution is -2.35. The Hall–Kier alpha value is -3.45. The van der Waals surface area contributed by atoms with Gasteiger partial charge in [-0.15, -0.1) is 0 Å². The molecule has 0 fully saturated rings. The molecule has 1 heterocycles. The van der Waals surface area contributed by atoms with Gasteiger partial charge in [0, 0.05) is 17.3 Å². The van der Waals surface area contributed by atoms with Crippen LogP contribution in [-0.2, 0) is 33.4 Å². The van der Waals surface area contributed by atoms with Crippen LogP contribution >= 0.6 is 11.6 Å². The lowest BCUT2D eigenvalue weighted by Gasteiger charge is -2.31. The van der Waals surface area contributed by atoms with Crippen LogP contribution in [0.2, 0.25) is 5.02 Å². The summed E-state index contributed by atoms with van der Waals surface area (Å²) in [6.45, 7) is 4.42. The van der Waals surface area contributed by atoms with Gasteiger partial charge in [0.15, 0.2) is 0 Å². The van der Waals surface area contributed by atoms with Crippen LogP contribution in [0.15, 0.2) is 46.8 Å². The van der Waals surface area contributed by atoms with Crippen LogP contribution < -0.4 is 16.8 Å². The number of nitrogens with two attached hydrogens (primary N) is 2. The Balaban J connectivity index is 0.000000649. The number of carbonyl (C=O) groups excluding carboxylic acids is 2. The van der Waals surface area contributed by atoms with E-state index in [4.69, 9.17) is 47.5 Å². The van der Waals surface area contributed by atoms with Crippen molar-refractivity contribution in [3.05, 3.63) is 57.4 Å². The third-order valence-corrected chi connectivity index (χ3v) is 5.33. The number of nitrogens with one attached hydrogen (secondary N) is 1. The van der Waals surface area contributed by atoms with Gasteiger partial charge in [-0.3, -0.25) is 9.59 Å². The van der Waals surface area contributed by atoms with Gasteiger partial charge in [-0.25, -0.2) is 9.59 Å². The zero-order chi connectivity index (χ0) is 28.1. The number of carbonyl (C=O) groups is 4. The monoisotopic (exact) mass is 541 g/mol. The smallest absolute Gasteiger partial charge is 0.336 e. The normalized spacial score (nSPS) is 15.7. The minimum absolute atomic E-state index is 0.109. The van der Waals surface area contributed by atoms with Crippen LogP contribution in [0.3, 0.4) is 0 Å². The van der Waals surface area contributed by atoms with E-state index < -0.39 is 42.3 Å². The average Bonchev–Trinajstić information content (AvgIpc) is 2.83. The molecule has 0 spiro atoms. The number of aliphatic carboxylic acids is 2. The van der Waals surface area contributed by atoms with E-state index in [1.807, 2.05) is 0 Å². The number of benzene rings is 1. The summed E-state index contributed by atoms with van der Waals surface area (Å²) in [4.78, 5) is 45.1.